The van der Waals surface area contributed by atoms with Crippen molar-refractivity contribution >= 4 is 17.7 Å². The van der Waals surface area contributed by atoms with Crippen molar-refractivity contribution in [3.8, 4) is 5.88 Å². The first kappa shape index (κ1) is 16.2. The first-order chi connectivity index (χ1) is 10.8. The van der Waals surface area contributed by atoms with Gasteiger partial charge < -0.3 is 14.7 Å². The summed E-state index contributed by atoms with van der Waals surface area (Å²) in [6, 6.07) is 0.490. The number of aromatic nitrogens is 1. The van der Waals surface area contributed by atoms with E-state index < -0.39 is 22.9 Å². The first-order valence-corrected chi connectivity index (χ1v) is 7.54. The summed E-state index contributed by atoms with van der Waals surface area (Å²) in [7, 11) is 0. The normalized spacial score (nSPS) is 27.1. The van der Waals surface area contributed by atoms with Crippen molar-refractivity contribution in [2.75, 3.05) is 0 Å². The smallest absolute Gasteiger partial charge is 0.418 e. The van der Waals surface area contributed by atoms with E-state index in [0.717, 1.165) is 25.1 Å². The topological polar surface area (TPSA) is 62.7 Å². The zero-order valence-electron chi connectivity index (χ0n) is 11.9. The lowest BCUT2D eigenvalue weighted by molar-refractivity contribution is -0.137. The second-order valence-corrected chi connectivity index (χ2v) is 6.19. The molecular weight excluding hydrogens is 337 g/mol. The van der Waals surface area contributed by atoms with Gasteiger partial charge in [-0.3, -0.25) is 0 Å². The van der Waals surface area contributed by atoms with Crippen LogP contribution in [0.5, 0.6) is 5.88 Å². The van der Waals surface area contributed by atoms with Crippen LogP contribution in [0.1, 0.15) is 31.2 Å². The van der Waals surface area contributed by atoms with Gasteiger partial charge >= 0.3 is 12.3 Å². The maximum absolute atomic E-state index is 12.8. The number of amides is 1. The van der Waals surface area contributed by atoms with Gasteiger partial charge in [-0.25, -0.2) is 9.78 Å². The van der Waals surface area contributed by atoms with E-state index in [4.69, 9.17) is 16.3 Å². The lowest BCUT2D eigenvalue weighted by Gasteiger charge is -2.36. The van der Waals surface area contributed by atoms with Crippen LogP contribution >= 0.6 is 11.6 Å². The Morgan fingerprint density at radius 3 is 2.48 bits per heavy atom. The second kappa shape index (κ2) is 5.74. The molecule has 2 fully saturated rings. The Kier molecular flexibility index (Phi) is 4.03. The molecule has 2 aliphatic rings. The predicted molar refractivity (Wildman–Crippen MR) is 74.6 cm³/mol. The van der Waals surface area contributed by atoms with Gasteiger partial charge in [0.1, 0.15) is 6.10 Å². The Morgan fingerprint density at radius 1 is 1.35 bits per heavy atom. The molecule has 1 aromatic rings. The van der Waals surface area contributed by atoms with Gasteiger partial charge in [-0.05, 0) is 12.8 Å². The van der Waals surface area contributed by atoms with E-state index >= 15 is 0 Å². The number of hydrogen-bond acceptors (Lipinski definition) is 3. The summed E-state index contributed by atoms with van der Waals surface area (Å²) in [5.41, 5.74) is -0.991. The number of fused-ring (bicyclic) bond motifs is 2. The summed E-state index contributed by atoms with van der Waals surface area (Å²) in [5, 5.41) is 8.70. The van der Waals surface area contributed by atoms with E-state index in [2.05, 4.69) is 4.98 Å². The Morgan fingerprint density at radius 2 is 1.96 bits per heavy atom. The summed E-state index contributed by atoms with van der Waals surface area (Å²) in [5.74, 6) is -0.144. The van der Waals surface area contributed by atoms with Crippen LogP contribution in [0.25, 0.3) is 0 Å². The van der Waals surface area contributed by atoms with E-state index in [1.807, 2.05) is 0 Å². The largest absolute Gasteiger partial charge is 0.474 e. The molecule has 1 N–H and O–H groups in total. The molecule has 3 atom stereocenters. The number of pyridine rings is 1. The van der Waals surface area contributed by atoms with Crippen molar-refractivity contribution in [2.24, 2.45) is 0 Å². The number of ether oxygens (including phenoxy) is 1. The van der Waals surface area contributed by atoms with E-state index in [1.165, 1.54) is 4.90 Å². The number of alkyl halides is 3. The number of rotatable bonds is 2. The number of carboxylic acid groups (broad SMARTS) is 1. The molecule has 1 aromatic heterocycles. The number of hydrogen-bond donors (Lipinski definition) is 1. The minimum atomic E-state index is -4.58. The minimum Gasteiger partial charge on any atom is -0.474 e. The number of piperidine rings is 1. The quantitative estimate of drug-likeness (QED) is 0.881. The van der Waals surface area contributed by atoms with Gasteiger partial charge in [0, 0.05) is 31.0 Å². The van der Waals surface area contributed by atoms with Crippen LogP contribution in [0.4, 0.5) is 18.0 Å². The van der Waals surface area contributed by atoms with Crippen LogP contribution < -0.4 is 4.74 Å². The highest BCUT2D eigenvalue weighted by Gasteiger charge is 2.44. The molecule has 5 nitrogen and oxygen atoms in total. The van der Waals surface area contributed by atoms with Gasteiger partial charge in [0.15, 0.2) is 0 Å². The fraction of sp³-hybridized carbons (Fsp3) is 0.571. The molecule has 0 unspecified atom stereocenters. The molecule has 2 bridgehead atoms. The van der Waals surface area contributed by atoms with Crippen molar-refractivity contribution < 1.29 is 27.8 Å². The highest BCUT2D eigenvalue weighted by molar-refractivity contribution is 6.31. The zero-order chi connectivity index (χ0) is 16.8. The third kappa shape index (κ3) is 3.17. The molecule has 0 aromatic carbocycles. The molecular formula is C14H14ClF3N2O3. The molecule has 23 heavy (non-hydrogen) atoms. The van der Waals surface area contributed by atoms with Crippen LogP contribution in [0, 0.1) is 0 Å². The first-order valence-electron chi connectivity index (χ1n) is 7.16. The molecule has 3 heterocycles. The van der Waals surface area contributed by atoms with Crippen LogP contribution in [0.2, 0.25) is 5.02 Å². The summed E-state index contributed by atoms with van der Waals surface area (Å²) in [4.78, 5) is 16.4. The Hall–Kier alpha value is -1.70. The average Bonchev–Trinajstić information content (AvgIpc) is 2.72. The number of nitrogens with zero attached hydrogens (tertiary/aromatic N) is 2. The van der Waals surface area contributed by atoms with Gasteiger partial charge in [-0.1, -0.05) is 11.6 Å². The fourth-order valence-corrected chi connectivity index (χ4v) is 3.62. The number of carbonyl (C=O) groups is 1. The van der Waals surface area contributed by atoms with Crippen molar-refractivity contribution in [1.29, 1.82) is 0 Å². The molecule has 3 rings (SSSR count). The molecule has 0 spiro atoms. The monoisotopic (exact) mass is 350 g/mol. The van der Waals surface area contributed by atoms with Crippen LogP contribution in [0.3, 0.4) is 0 Å². The molecule has 1 amide bonds. The minimum absolute atomic E-state index is 0.144. The highest BCUT2D eigenvalue weighted by atomic mass is 35.5. The Bertz CT molecular complexity index is 612. The van der Waals surface area contributed by atoms with Crippen LogP contribution in [-0.4, -0.2) is 39.3 Å². The molecule has 2 aliphatic heterocycles. The van der Waals surface area contributed by atoms with E-state index in [9.17, 15) is 23.1 Å². The second-order valence-electron chi connectivity index (χ2n) is 5.79. The lowest BCUT2D eigenvalue weighted by Crippen LogP contribution is -2.48. The van der Waals surface area contributed by atoms with Crippen LogP contribution in [-0.2, 0) is 6.18 Å². The molecule has 9 heteroatoms. The Labute approximate surface area is 135 Å². The van der Waals surface area contributed by atoms with Gasteiger partial charge in [-0.2, -0.15) is 13.2 Å². The molecule has 0 aliphatic carbocycles. The van der Waals surface area contributed by atoms with Crippen molar-refractivity contribution in [1.82, 2.24) is 9.88 Å². The van der Waals surface area contributed by atoms with Crippen molar-refractivity contribution in [3.05, 3.63) is 22.8 Å². The zero-order valence-corrected chi connectivity index (χ0v) is 12.6. The maximum atomic E-state index is 12.8. The maximum Gasteiger partial charge on any atom is 0.418 e. The molecule has 126 valence electrons. The lowest BCUT2D eigenvalue weighted by atomic mass is 10.0. The van der Waals surface area contributed by atoms with Gasteiger partial charge in [0.2, 0.25) is 5.88 Å². The number of halogens is 4. The SMILES string of the molecule is O=C(O)N1[C@@H]2CC[C@H]1C[C@@H](Oc1cc(C(F)(F)F)c(Cl)cn1)C2. The summed E-state index contributed by atoms with van der Waals surface area (Å²) in [6.07, 6.45) is -2.57. The fourth-order valence-electron chi connectivity index (χ4n) is 3.41. The van der Waals surface area contributed by atoms with E-state index in [-0.39, 0.29) is 24.1 Å². The summed E-state index contributed by atoms with van der Waals surface area (Å²) >= 11 is 5.52. The van der Waals surface area contributed by atoms with E-state index in [1.54, 1.807) is 0 Å². The molecule has 0 saturated carbocycles. The third-order valence-electron chi connectivity index (χ3n) is 4.33. The standard InChI is InChI=1S/C14H14ClF3N2O3/c15-11-6-19-12(5-10(11)14(16,17)18)23-9-3-7-1-2-8(4-9)20(7)13(21)22/h5-9H,1-4H2,(H,21,22)/t7-,8+,9+. The third-order valence-corrected chi connectivity index (χ3v) is 4.63. The van der Waals surface area contributed by atoms with Crippen LogP contribution in [0.15, 0.2) is 12.3 Å². The van der Waals surface area contributed by atoms with Crippen molar-refractivity contribution in [3.63, 3.8) is 0 Å². The summed E-state index contributed by atoms with van der Waals surface area (Å²) < 4.78 is 44.1. The highest BCUT2D eigenvalue weighted by Crippen LogP contribution is 2.39. The predicted octanol–water partition coefficient (Wildman–Crippen LogP) is 3.81. The van der Waals surface area contributed by atoms with Gasteiger partial charge in [0.25, 0.3) is 0 Å². The van der Waals surface area contributed by atoms with E-state index in [0.29, 0.717) is 12.8 Å². The molecule has 2 saturated heterocycles. The molecule has 0 radical (unpaired) electrons. The van der Waals surface area contributed by atoms with Crippen molar-refractivity contribution in [2.45, 2.75) is 50.0 Å². The average molecular weight is 351 g/mol. The van der Waals surface area contributed by atoms with Gasteiger partial charge in [0.05, 0.1) is 16.8 Å². The van der Waals surface area contributed by atoms with Gasteiger partial charge in [-0.15, -0.1) is 0 Å². The summed E-state index contributed by atoms with van der Waals surface area (Å²) in [6.45, 7) is 0. The Balaban J connectivity index is 1.73.